The summed E-state index contributed by atoms with van der Waals surface area (Å²) in [4.78, 5) is 16.6. The van der Waals surface area contributed by atoms with Gasteiger partial charge in [-0.05, 0) is 62.2 Å². The Hall–Kier alpha value is -3.40. The van der Waals surface area contributed by atoms with Crippen LogP contribution in [0, 0.1) is 13.8 Å². The number of ether oxygens (including phenoxy) is 1. The summed E-state index contributed by atoms with van der Waals surface area (Å²) in [5, 5.41) is 6.49. The minimum Gasteiger partial charge on any atom is -0.497 e. The van der Waals surface area contributed by atoms with Gasteiger partial charge in [-0.1, -0.05) is 11.2 Å². The van der Waals surface area contributed by atoms with Gasteiger partial charge in [-0.3, -0.25) is 9.52 Å². The Labute approximate surface area is 180 Å². The fourth-order valence-corrected chi connectivity index (χ4v) is 4.22. The minimum atomic E-state index is -3.88. The molecule has 0 radical (unpaired) electrons. The van der Waals surface area contributed by atoms with E-state index in [9.17, 15) is 13.2 Å². The van der Waals surface area contributed by atoms with Crippen LogP contribution in [0.5, 0.6) is 5.75 Å². The predicted molar refractivity (Wildman–Crippen MR) is 115 cm³/mol. The van der Waals surface area contributed by atoms with E-state index in [1.807, 2.05) is 0 Å². The molecule has 0 bridgehead atoms. The molecule has 2 N–H and O–H groups in total. The topological polar surface area (TPSA) is 123 Å². The molecule has 9 nitrogen and oxygen atoms in total. The number of rotatable bonds is 9. The fraction of sp³-hybridized carbons (Fsp3) is 0.286. The molecule has 0 aliphatic heterocycles. The summed E-state index contributed by atoms with van der Waals surface area (Å²) >= 11 is 0. The average Bonchev–Trinajstić information content (AvgIpc) is 3.16. The summed E-state index contributed by atoms with van der Waals surface area (Å²) in [5.74, 6) is 1.34. The van der Waals surface area contributed by atoms with Gasteiger partial charge in [-0.15, -0.1) is 0 Å². The molecular weight excluding hydrogens is 420 g/mol. The van der Waals surface area contributed by atoms with Gasteiger partial charge in [-0.2, -0.15) is 4.98 Å². The number of benzene rings is 2. The van der Waals surface area contributed by atoms with Crippen molar-refractivity contribution in [3.8, 4) is 5.75 Å². The van der Waals surface area contributed by atoms with E-state index in [-0.39, 0.29) is 16.4 Å². The van der Waals surface area contributed by atoms with Crippen LogP contribution in [0.2, 0.25) is 0 Å². The number of methoxy groups -OCH3 is 1. The highest BCUT2D eigenvalue weighted by atomic mass is 32.2. The number of aromatic nitrogens is 2. The zero-order valence-corrected chi connectivity index (χ0v) is 18.3. The number of amides is 1. The summed E-state index contributed by atoms with van der Waals surface area (Å²) in [6.45, 7) is 3.80. The smallest absolute Gasteiger partial charge is 0.262 e. The van der Waals surface area contributed by atoms with Crippen molar-refractivity contribution in [2.24, 2.45) is 0 Å². The first-order valence-corrected chi connectivity index (χ1v) is 11.1. The molecule has 2 aromatic carbocycles. The fourth-order valence-electron chi connectivity index (χ4n) is 2.89. The Morgan fingerprint density at radius 1 is 1.13 bits per heavy atom. The van der Waals surface area contributed by atoms with Crippen molar-refractivity contribution in [3.63, 3.8) is 0 Å². The average molecular weight is 445 g/mol. The van der Waals surface area contributed by atoms with E-state index >= 15 is 0 Å². The summed E-state index contributed by atoms with van der Waals surface area (Å²) in [6.07, 6.45) is 1.16. The van der Waals surface area contributed by atoms with Gasteiger partial charge in [0.1, 0.15) is 5.75 Å². The molecule has 0 spiro atoms. The zero-order chi connectivity index (χ0) is 22.4. The molecule has 0 atom stereocenters. The van der Waals surface area contributed by atoms with Crippen molar-refractivity contribution in [1.29, 1.82) is 0 Å². The summed E-state index contributed by atoms with van der Waals surface area (Å²) in [6, 6.07) is 11.1. The number of anilines is 1. The quantitative estimate of drug-likeness (QED) is 0.486. The molecule has 10 heteroatoms. The molecule has 1 amide bonds. The van der Waals surface area contributed by atoms with Crippen LogP contribution in [0.3, 0.4) is 0 Å². The van der Waals surface area contributed by atoms with Gasteiger partial charge in [-0.25, -0.2) is 8.42 Å². The monoisotopic (exact) mass is 444 g/mol. The van der Waals surface area contributed by atoms with E-state index in [4.69, 9.17) is 9.26 Å². The number of carbonyl (C=O) groups is 1. The molecule has 3 rings (SSSR count). The van der Waals surface area contributed by atoms with Crippen LogP contribution < -0.4 is 14.8 Å². The number of nitrogens with one attached hydrogen (secondary N) is 2. The molecule has 0 aliphatic carbocycles. The maximum absolute atomic E-state index is 12.9. The van der Waals surface area contributed by atoms with Crippen molar-refractivity contribution in [2.75, 3.05) is 18.4 Å². The second kappa shape index (κ2) is 9.61. The lowest BCUT2D eigenvalue weighted by atomic mass is 10.1. The van der Waals surface area contributed by atoms with Crippen LogP contribution in [-0.4, -0.2) is 38.1 Å². The van der Waals surface area contributed by atoms with Crippen molar-refractivity contribution in [2.45, 2.75) is 31.6 Å². The van der Waals surface area contributed by atoms with E-state index in [0.717, 1.165) is 0 Å². The lowest BCUT2D eigenvalue weighted by Gasteiger charge is -2.12. The van der Waals surface area contributed by atoms with E-state index in [0.29, 0.717) is 48.1 Å². The Morgan fingerprint density at radius 2 is 1.87 bits per heavy atom. The molecule has 164 valence electrons. The highest BCUT2D eigenvalue weighted by Gasteiger charge is 2.19. The van der Waals surface area contributed by atoms with E-state index in [2.05, 4.69) is 20.2 Å². The molecule has 0 saturated heterocycles. The lowest BCUT2D eigenvalue weighted by Crippen LogP contribution is -2.25. The molecular formula is C21H24N4O5S. The Balaban J connectivity index is 1.65. The van der Waals surface area contributed by atoms with Gasteiger partial charge in [0, 0.05) is 24.2 Å². The highest BCUT2D eigenvalue weighted by Crippen LogP contribution is 2.22. The third-order valence-electron chi connectivity index (χ3n) is 4.50. The van der Waals surface area contributed by atoms with E-state index in [1.54, 1.807) is 50.2 Å². The Bertz CT molecular complexity index is 1160. The predicted octanol–water partition coefficient (Wildman–Crippen LogP) is 2.86. The van der Waals surface area contributed by atoms with Gasteiger partial charge < -0.3 is 14.6 Å². The van der Waals surface area contributed by atoms with Gasteiger partial charge in [0.05, 0.1) is 12.0 Å². The largest absolute Gasteiger partial charge is 0.497 e. The van der Waals surface area contributed by atoms with Crippen molar-refractivity contribution < 1.29 is 22.5 Å². The van der Waals surface area contributed by atoms with Crippen LogP contribution in [0.4, 0.5) is 5.69 Å². The molecule has 31 heavy (non-hydrogen) atoms. The maximum Gasteiger partial charge on any atom is 0.262 e. The van der Waals surface area contributed by atoms with Crippen molar-refractivity contribution >= 4 is 21.6 Å². The summed E-state index contributed by atoms with van der Waals surface area (Å²) in [5.41, 5.74) is 1.19. The minimum absolute atomic E-state index is 0.0392. The number of sulfonamides is 1. The van der Waals surface area contributed by atoms with Gasteiger partial charge in [0.25, 0.3) is 15.9 Å². The van der Waals surface area contributed by atoms with E-state index < -0.39 is 10.0 Å². The number of hydrogen-bond acceptors (Lipinski definition) is 7. The molecule has 0 fully saturated rings. The standard InChI is InChI=1S/C21H24N4O5S/c1-14-6-7-16(21(26)22-12-4-5-20-23-15(2)24-30-20)13-19(14)31(27,28)25-17-8-10-18(29-3)11-9-17/h6-11,13,25H,4-5,12H2,1-3H3,(H,22,26). The van der Waals surface area contributed by atoms with Crippen LogP contribution in [0.1, 0.15) is 34.1 Å². The molecule has 3 aromatic rings. The van der Waals surface area contributed by atoms with Crippen molar-refractivity contribution in [3.05, 3.63) is 65.3 Å². The van der Waals surface area contributed by atoms with Crippen LogP contribution in [0.25, 0.3) is 0 Å². The molecule has 0 saturated carbocycles. The Morgan fingerprint density at radius 3 is 2.52 bits per heavy atom. The van der Waals surface area contributed by atoms with E-state index in [1.165, 1.54) is 13.2 Å². The van der Waals surface area contributed by atoms with Crippen LogP contribution in [0.15, 0.2) is 51.9 Å². The first kappa shape index (κ1) is 22.3. The molecule has 1 heterocycles. The number of hydrogen-bond donors (Lipinski definition) is 2. The number of aryl methyl sites for hydroxylation is 3. The molecule has 0 unspecified atom stereocenters. The third kappa shape index (κ3) is 5.82. The number of nitrogens with zero attached hydrogens (tertiary/aromatic N) is 2. The number of carbonyl (C=O) groups excluding carboxylic acids is 1. The van der Waals surface area contributed by atoms with Crippen LogP contribution >= 0.6 is 0 Å². The second-order valence-corrected chi connectivity index (χ2v) is 8.56. The third-order valence-corrected chi connectivity index (χ3v) is 6.03. The molecule has 0 aliphatic rings. The van der Waals surface area contributed by atoms with Crippen molar-refractivity contribution in [1.82, 2.24) is 15.5 Å². The first-order chi connectivity index (χ1) is 14.8. The zero-order valence-electron chi connectivity index (χ0n) is 17.5. The van der Waals surface area contributed by atoms with Gasteiger partial charge >= 0.3 is 0 Å². The van der Waals surface area contributed by atoms with Gasteiger partial charge in [0.15, 0.2) is 5.82 Å². The summed E-state index contributed by atoms with van der Waals surface area (Å²) in [7, 11) is -2.34. The SMILES string of the molecule is COc1ccc(NS(=O)(=O)c2cc(C(=O)NCCCc3nc(C)no3)ccc2C)cc1. The van der Waals surface area contributed by atoms with Crippen LogP contribution in [-0.2, 0) is 16.4 Å². The van der Waals surface area contributed by atoms with Gasteiger partial charge in [0.2, 0.25) is 5.89 Å². The summed E-state index contributed by atoms with van der Waals surface area (Å²) < 4.78 is 38.4. The maximum atomic E-state index is 12.9. The normalized spacial score (nSPS) is 11.2. The lowest BCUT2D eigenvalue weighted by molar-refractivity contribution is 0.0952. The Kier molecular flexibility index (Phi) is 6.91. The molecule has 1 aromatic heterocycles. The second-order valence-electron chi connectivity index (χ2n) is 6.91. The highest BCUT2D eigenvalue weighted by molar-refractivity contribution is 7.92. The first-order valence-electron chi connectivity index (χ1n) is 9.63.